The Bertz CT molecular complexity index is 685. The first-order valence-electron chi connectivity index (χ1n) is 4.80. The average molecular weight is 307 g/mol. The summed E-state index contributed by atoms with van der Waals surface area (Å²) >= 11 is 6.47. The van der Waals surface area contributed by atoms with Crippen molar-refractivity contribution in [1.82, 2.24) is 4.98 Å². The molecule has 8 heteroatoms. The summed E-state index contributed by atoms with van der Waals surface area (Å²) in [5.74, 6) is -0.644. The molecule has 0 bridgehead atoms. The summed E-state index contributed by atoms with van der Waals surface area (Å²) in [5.41, 5.74) is 0.176. The van der Waals surface area contributed by atoms with Gasteiger partial charge in [0.15, 0.2) is 8.68 Å². The summed E-state index contributed by atoms with van der Waals surface area (Å²) in [5, 5.41) is 0. The van der Waals surface area contributed by atoms with Gasteiger partial charge < -0.3 is 0 Å². The summed E-state index contributed by atoms with van der Waals surface area (Å²) in [7, 11) is -3.86. The molecule has 0 atom stereocenters. The monoisotopic (exact) mass is 306 g/mol. The molecule has 0 spiro atoms. The molecule has 0 aliphatic heterocycles. The van der Waals surface area contributed by atoms with Crippen molar-refractivity contribution in [3.63, 3.8) is 0 Å². The zero-order valence-electron chi connectivity index (χ0n) is 9.15. The normalized spacial score (nSPS) is 11.5. The van der Waals surface area contributed by atoms with E-state index in [1.54, 1.807) is 0 Å². The van der Waals surface area contributed by atoms with E-state index in [9.17, 15) is 12.8 Å². The van der Waals surface area contributed by atoms with Crippen molar-refractivity contribution in [3.05, 3.63) is 40.2 Å². The number of benzene rings is 1. The summed E-state index contributed by atoms with van der Waals surface area (Å²) < 4.78 is 39.7. The molecule has 0 amide bonds. The van der Waals surface area contributed by atoms with Crippen molar-refractivity contribution in [2.24, 2.45) is 0 Å². The maximum atomic E-state index is 13.4. The molecule has 0 aliphatic carbocycles. The number of thiazole rings is 1. The zero-order chi connectivity index (χ0) is 13.3. The van der Waals surface area contributed by atoms with E-state index in [4.69, 9.17) is 11.6 Å². The fraction of sp³-hybridized carbons (Fsp3) is 0.100. The second-order valence-electron chi connectivity index (χ2n) is 3.43. The average Bonchev–Trinajstić information content (AvgIpc) is 2.62. The summed E-state index contributed by atoms with van der Waals surface area (Å²) in [6, 6.07) is 5.52. The molecule has 2 aromatic rings. The van der Waals surface area contributed by atoms with Crippen molar-refractivity contribution < 1.29 is 12.8 Å². The van der Waals surface area contributed by atoms with E-state index in [-0.39, 0.29) is 20.1 Å². The Labute approximate surface area is 112 Å². The maximum absolute atomic E-state index is 13.4. The van der Waals surface area contributed by atoms with Crippen LogP contribution in [0, 0.1) is 12.7 Å². The number of aryl methyl sites for hydroxylation is 1. The van der Waals surface area contributed by atoms with Crippen molar-refractivity contribution in [2.75, 3.05) is 4.72 Å². The first kappa shape index (κ1) is 13.3. The highest BCUT2D eigenvalue weighted by Crippen LogP contribution is 2.28. The van der Waals surface area contributed by atoms with Gasteiger partial charge in [-0.15, -0.1) is 0 Å². The Morgan fingerprint density at radius 1 is 1.39 bits per heavy atom. The molecule has 0 saturated carbocycles. The minimum Gasteiger partial charge on any atom is -0.276 e. The van der Waals surface area contributed by atoms with E-state index in [1.807, 2.05) is 0 Å². The highest BCUT2D eigenvalue weighted by molar-refractivity contribution is 7.94. The minimum atomic E-state index is -3.86. The smallest absolute Gasteiger partial charge is 0.273 e. The molecular weight excluding hydrogens is 299 g/mol. The van der Waals surface area contributed by atoms with Gasteiger partial charge in [0.2, 0.25) is 0 Å². The Morgan fingerprint density at radius 3 is 2.61 bits per heavy atom. The number of halogens is 2. The van der Waals surface area contributed by atoms with E-state index in [0.29, 0.717) is 0 Å². The van der Waals surface area contributed by atoms with Crippen LogP contribution in [-0.2, 0) is 10.0 Å². The predicted octanol–water partition coefficient (Wildman–Crippen LogP) is 3.04. The van der Waals surface area contributed by atoms with E-state index >= 15 is 0 Å². The van der Waals surface area contributed by atoms with Crippen molar-refractivity contribution >= 4 is 38.6 Å². The fourth-order valence-corrected chi connectivity index (χ4v) is 4.14. The molecule has 1 aromatic heterocycles. The summed E-state index contributed by atoms with van der Waals surface area (Å²) in [6.45, 7) is 1.53. The lowest BCUT2D eigenvalue weighted by Crippen LogP contribution is -2.13. The van der Waals surface area contributed by atoms with Crippen LogP contribution in [0.5, 0.6) is 0 Å². The molecule has 1 heterocycles. The van der Waals surface area contributed by atoms with Crippen LogP contribution in [0.1, 0.15) is 5.69 Å². The molecule has 1 N–H and O–H groups in total. The van der Waals surface area contributed by atoms with E-state index in [1.165, 1.54) is 31.2 Å². The lowest BCUT2D eigenvalue weighted by atomic mass is 10.3. The van der Waals surface area contributed by atoms with Crippen LogP contribution in [0.4, 0.5) is 10.1 Å². The van der Waals surface area contributed by atoms with E-state index in [2.05, 4.69) is 9.71 Å². The number of nitrogens with zero attached hydrogens (tertiary/aromatic N) is 1. The number of hydrogen-bond acceptors (Lipinski definition) is 4. The van der Waals surface area contributed by atoms with Gasteiger partial charge in [0.25, 0.3) is 10.0 Å². The van der Waals surface area contributed by atoms with Gasteiger partial charge in [-0.1, -0.05) is 35.1 Å². The lowest BCUT2D eigenvalue weighted by Gasteiger charge is -2.07. The lowest BCUT2D eigenvalue weighted by molar-refractivity contribution is 0.599. The third-order valence-electron chi connectivity index (χ3n) is 2.09. The highest BCUT2D eigenvalue weighted by Gasteiger charge is 2.22. The fourth-order valence-electron chi connectivity index (χ4n) is 1.34. The molecule has 0 fully saturated rings. The van der Waals surface area contributed by atoms with Gasteiger partial charge in [0.1, 0.15) is 5.82 Å². The molecule has 1 aromatic carbocycles. The van der Waals surface area contributed by atoms with Crippen LogP contribution in [0.15, 0.2) is 28.5 Å². The number of rotatable bonds is 3. The maximum Gasteiger partial charge on any atom is 0.273 e. The number of sulfonamides is 1. The number of aromatic nitrogens is 1. The number of nitrogens with one attached hydrogen (secondary N) is 1. The minimum absolute atomic E-state index is 0.0178. The van der Waals surface area contributed by atoms with Gasteiger partial charge in [-0.05, 0) is 19.1 Å². The predicted molar refractivity (Wildman–Crippen MR) is 69.1 cm³/mol. The van der Waals surface area contributed by atoms with Gasteiger partial charge in [0, 0.05) is 0 Å². The van der Waals surface area contributed by atoms with Crippen LogP contribution in [0.2, 0.25) is 4.47 Å². The van der Waals surface area contributed by atoms with Crippen LogP contribution >= 0.6 is 22.9 Å². The van der Waals surface area contributed by atoms with Gasteiger partial charge in [0.05, 0.1) is 11.4 Å². The SMILES string of the molecule is Cc1nc(Cl)sc1S(=O)(=O)Nc1ccccc1F. The second-order valence-corrected chi connectivity index (χ2v) is 6.88. The third kappa shape index (κ3) is 2.63. The van der Waals surface area contributed by atoms with Crippen LogP contribution < -0.4 is 4.72 Å². The van der Waals surface area contributed by atoms with Gasteiger partial charge in [-0.25, -0.2) is 17.8 Å². The zero-order valence-corrected chi connectivity index (χ0v) is 11.5. The first-order valence-corrected chi connectivity index (χ1v) is 7.48. The number of anilines is 1. The molecule has 0 aliphatic rings. The molecule has 96 valence electrons. The van der Waals surface area contributed by atoms with E-state index < -0.39 is 15.8 Å². The van der Waals surface area contributed by atoms with Crippen LogP contribution in [0.3, 0.4) is 0 Å². The van der Waals surface area contributed by atoms with Crippen LogP contribution in [0.25, 0.3) is 0 Å². The Kier molecular flexibility index (Phi) is 3.56. The van der Waals surface area contributed by atoms with Crippen LogP contribution in [-0.4, -0.2) is 13.4 Å². The largest absolute Gasteiger partial charge is 0.276 e. The Balaban J connectivity index is 2.40. The van der Waals surface area contributed by atoms with Crippen molar-refractivity contribution in [3.8, 4) is 0 Å². The molecule has 2 rings (SSSR count). The van der Waals surface area contributed by atoms with Gasteiger partial charge in [-0.2, -0.15) is 0 Å². The quantitative estimate of drug-likeness (QED) is 0.948. The molecular formula is C10H8ClFN2O2S2. The molecule has 0 unspecified atom stereocenters. The Morgan fingerprint density at radius 2 is 2.06 bits per heavy atom. The first-order chi connectivity index (χ1) is 8.40. The standard InChI is InChI=1S/C10H8ClFN2O2S2/c1-6-9(17-10(11)13-6)18(15,16)14-8-5-3-2-4-7(8)12/h2-5,14H,1H3. The Hall–Kier alpha value is -1.18. The van der Waals surface area contributed by atoms with E-state index in [0.717, 1.165) is 11.3 Å². The molecule has 0 saturated heterocycles. The summed E-state index contributed by atoms with van der Waals surface area (Å²) in [4.78, 5) is 3.81. The molecule has 18 heavy (non-hydrogen) atoms. The van der Waals surface area contributed by atoms with Gasteiger partial charge in [-0.3, -0.25) is 4.72 Å². The second kappa shape index (κ2) is 4.83. The highest BCUT2D eigenvalue weighted by atomic mass is 35.5. The molecule has 4 nitrogen and oxygen atoms in total. The van der Waals surface area contributed by atoms with Gasteiger partial charge >= 0.3 is 0 Å². The van der Waals surface area contributed by atoms with Crippen molar-refractivity contribution in [2.45, 2.75) is 11.1 Å². The van der Waals surface area contributed by atoms with Crippen molar-refractivity contribution in [1.29, 1.82) is 0 Å². The third-order valence-corrected chi connectivity index (χ3v) is 5.33. The molecule has 0 radical (unpaired) electrons. The topological polar surface area (TPSA) is 59.1 Å². The number of hydrogen-bond donors (Lipinski definition) is 1. The summed E-state index contributed by atoms with van der Waals surface area (Å²) in [6.07, 6.45) is 0. The number of para-hydroxylation sites is 1.